The van der Waals surface area contributed by atoms with Crippen LogP contribution in [0.15, 0.2) is 10.2 Å². The topological polar surface area (TPSA) is 99.9 Å². The van der Waals surface area contributed by atoms with Gasteiger partial charge in [0.2, 0.25) is 11.8 Å². The standard InChI is InChI=1S/C17H25N3O5S/c1-12-11-26-17(25)19(12)9-6-15(22)18-7-3-4-14(5-8-18)20(13(2)21)10-16(23)24/h11,14H,3-10H2,1-2H3,(H,23,24). The molecule has 1 aromatic rings. The summed E-state index contributed by atoms with van der Waals surface area (Å²) in [5.41, 5.74) is 0.856. The van der Waals surface area contributed by atoms with Gasteiger partial charge in [0.05, 0.1) is 0 Å². The van der Waals surface area contributed by atoms with E-state index in [1.807, 2.05) is 6.92 Å². The highest BCUT2D eigenvalue weighted by molar-refractivity contribution is 7.07. The largest absolute Gasteiger partial charge is 0.480 e. The number of carboxylic acid groups (broad SMARTS) is 1. The first kappa shape index (κ1) is 20.2. The molecule has 1 aliphatic rings. The van der Waals surface area contributed by atoms with Gasteiger partial charge in [0.15, 0.2) is 0 Å². The number of carbonyl (C=O) groups is 3. The molecule has 0 aromatic carbocycles. The number of aryl methyl sites for hydroxylation is 1. The van der Waals surface area contributed by atoms with Crippen molar-refractivity contribution in [1.29, 1.82) is 0 Å². The van der Waals surface area contributed by atoms with Crippen LogP contribution >= 0.6 is 11.3 Å². The molecule has 1 aromatic heterocycles. The third-order valence-electron chi connectivity index (χ3n) is 4.73. The molecule has 1 unspecified atom stereocenters. The number of carboxylic acids is 1. The van der Waals surface area contributed by atoms with E-state index in [-0.39, 0.29) is 35.7 Å². The van der Waals surface area contributed by atoms with Crippen molar-refractivity contribution in [2.75, 3.05) is 19.6 Å². The zero-order valence-corrected chi connectivity index (χ0v) is 16.0. The maximum absolute atomic E-state index is 12.5. The average molecular weight is 383 g/mol. The Balaban J connectivity index is 1.92. The fraction of sp³-hybridized carbons (Fsp3) is 0.647. The summed E-state index contributed by atoms with van der Waals surface area (Å²) in [6.45, 7) is 4.35. The van der Waals surface area contributed by atoms with Gasteiger partial charge in [0, 0.05) is 50.1 Å². The van der Waals surface area contributed by atoms with Crippen LogP contribution in [0.4, 0.5) is 0 Å². The van der Waals surface area contributed by atoms with Crippen LogP contribution < -0.4 is 4.87 Å². The van der Waals surface area contributed by atoms with Gasteiger partial charge < -0.3 is 19.5 Å². The van der Waals surface area contributed by atoms with Gasteiger partial charge in [0.1, 0.15) is 6.54 Å². The summed E-state index contributed by atoms with van der Waals surface area (Å²) in [7, 11) is 0. The minimum absolute atomic E-state index is 0.0178. The molecule has 0 radical (unpaired) electrons. The van der Waals surface area contributed by atoms with Crippen LogP contribution in [0.25, 0.3) is 0 Å². The van der Waals surface area contributed by atoms with Gasteiger partial charge in [-0.05, 0) is 26.2 Å². The quantitative estimate of drug-likeness (QED) is 0.787. The zero-order chi connectivity index (χ0) is 19.3. The Morgan fingerprint density at radius 2 is 2.04 bits per heavy atom. The van der Waals surface area contributed by atoms with Crippen LogP contribution in [0.3, 0.4) is 0 Å². The van der Waals surface area contributed by atoms with Crippen LogP contribution in [-0.4, -0.2) is 62.9 Å². The molecule has 9 heteroatoms. The Labute approximate surface area is 156 Å². The molecule has 0 bridgehead atoms. The molecular weight excluding hydrogens is 358 g/mol. The van der Waals surface area contributed by atoms with Gasteiger partial charge in [-0.25, -0.2) is 0 Å². The number of amides is 2. The van der Waals surface area contributed by atoms with Crippen molar-refractivity contribution in [3.05, 3.63) is 20.7 Å². The normalized spacial score (nSPS) is 17.6. The van der Waals surface area contributed by atoms with E-state index < -0.39 is 5.97 Å². The summed E-state index contributed by atoms with van der Waals surface area (Å²) in [5.74, 6) is -1.31. The molecule has 0 spiro atoms. The van der Waals surface area contributed by atoms with Crippen LogP contribution in [0.1, 0.15) is 38.3 Å². The van der Waals surface area contributed by atoms with Gasteiger partial charge in [-0.2, -0.15) is 0 Å². The van der Waals surface area contributed by atoms with Crippen molar-refractivity contribution < 1.29 is 19.5 Å². The second-order valence-electron chi connectivity index (χ2n) is 6.55. The first-order chi connectivity index (χ1) is 12.3. The second kappa shape index (κ2) is 8.98. The highest BCUT2D eigenvalue weighted by Crippen LogP contribution is 2.18. The molecule has 26 heavy (non-hydrogen) atoms. The molecule has 0 aliphatic carbocycles. The minimum atomic E-state index is -1.03. The third kappa shape index (κ3) is 5.17. The molecular formula is C17H25N3O5S. The molecule has 1 atom stereocenters. The number of likely N-dealkylation sites (tertiary alicyclic amines) is 1. The maximum Gasteiger partial charge on any atom is 0.323 e. The summed E-state index contributed by atoms with van der Waals surface area (Å²) >= 11 is 1.13. The van der Waals surface area contributed by atoms with E-state index in [4.69, 9.17) is 5.11 Å². The predicted molar refractivity (Wildman–Crippen MR) is 97.2 cm³/mol. The van der Waals surface area contributed by atoms with Crippen molar-refractivity contribution in [2.24, 2.45) is 0 Å². The van der Waals surface area contributed by atoms with E-state index in [0.717, 1.165) is 23.5 Å². The van der Waals surface area contributed by atoms with Crippen molar-refractivity contribution >= 4 is 29.1 Å². The lowest BCUT2D eigenvalue weighted by atomic mass is 10.1. The smallest absolute Gasteiger partial charge is 0.323 e. The van der Waals surface area contributed by atoms with Crippen molar-refractivity contribution in [3.63, 3.8) is 0 Å². The highest BCUT2D eigenvalue weighted by atomic mass is 32.1. The summed E-state index contributed by atoms with van der Waals surface area (Å²) < 4.78 is 1.60. The van der Waals surface area contributed by atoms with E-state index in [0.29, 0.717) is 32.5 Å². The van der Waals surface area contributed by atoms with E-state index >= 15 is 0 Å². The average Bonchev–Trinajstić information content (AvgIpc) is 2.78. The van der Waals surface area contributed by atoms with Gasteiger partial charge in [0.25, 0.3) is 0 Å². The zero-order valence-electron chi connectivity index (χ0n) is 15.1. The van der Waals surface area contributed by atoms with Gasteiger partial charge >= 0.3 is 10.8 Å². The molecule has 1 fully saturated rings. The third-order valence-corrected chi connectivity index (χ3v) is 5.61. The predicted octanol–water partition coefficient (Wildman–Crippen LogP) is 0.923. The Bertz CT molecular complexity index is 726. The number of thiazole rings is 1. The number of rotatable bonds is 6. The molecule has 2 rings (SSSR count). The Morgan fingerprint density at radius 1 is 1.31 bits per heavy atom. The van der Waals surface area contributed by atoms with Crippen molar-refractivity contribution in [2.45, 2.75) is 52.1 Å². The number of hydrogen-bond acceptors (Lipinski definition) is 5. The van der Waals surface area contributed by atoms with E-state index in [2.05, 4.69) is 0 Å². The van der Waals surface area contributed by atoms with Crippen molar-refractivity contribution in [1.82, 2.24) is 14.4 Å². The van der Waals surface area contributed by atoms with E-state index in [1.54, 1.807) is 14.8 Å². The molecule has 144 valence electrons. The molecule has 1 N–H and O–H groups in total. The SMILES string of the molecule is CC(=O)N(CC(=O)O)C1CCCN(C(=O)CCn2c(C)csc2=O)CC1. The lowest BCUT2D eigenvalue weighted by Gasteiger charge is -2.28. The molecule has 1 saturated heterocycles. The Morgan fingerprint density at radius 3 is 2.62 bits per heavy atom. The number of hydrogen-bond donors (Lipinski definition) is 1. The number of aromatic nitrogens is 1. The Hall–Kier alpha value is -2.16. The lowest BCUT2D eigenvalue weighted by molar-refractivity contribution is -0.145. The van der Waals surface area contributed by atoms with E-state index in [9.17, 15) is 19.2 Å². The first-order valence-corrected chi connectivity index (χ1v) is 9.59. The van der Waals surface area contributed by atoms with Gasteiger partial charge in [-0.15, -0.1) is 0 Å². The van der Waals surface area contributed by atoms with Crippen LogP contribution in [0.5, 0.6) is 0 Å². The molecule has 8 nitrogen and oxygen atoms in total. The highest BCUT2D eigenvalue weighted by Gasteiger charge is 2.27. The maximum atomic E-state index is 12.5. The summed E-state index contributed by atoms with van der Waals surface area (Å²) in [6, 6.07) is -0.164. The number of nitrogens with zero attached hydrogens (tertiary/aromatic N) is 3. The van der Waals surface area contributed by atoms with Gasteiger partial charge in [-0.3, -0.25) is 19.2 Å². The molecule has 0 saturated carbocycles. The van der Waals surface area contributed by atoms with E-state index in [1.165, 1.54) is 11.8 Å². The monoisotopic (exact) mass is 383 g/mol. The van der Waals surface area contributed by atoms with Crippen molar-refractivity contribution in [3.8, 4) is 0 Å². The first-order valence-electron chi connectivity index (χ1n) is 8.71. The molecule has 2 heterocycles. The van der Waals surface area contributed by atoms with Crippen LogP contribution in [-0.2, 0) is 20.9 Å². The fourth-order valence-electron chi connectivity index (χ4n) is 3.32. The summed E-state index contributed by atoms with van der Waals surface area (Å²) in [6.07, 6.45) is 2.22. The van der Waals surface area contributed by atoms with Gasteiger partial charge in [-0.1, -0.05) is 11.3 Å². The molecule has 1 aliphatic heterocycles. The van der Waals surface area contributed by atoms with Crippen LogP contribution in [0.2, 0.25) is 0 Å². The summed E-state index contributed by atoms with van der Waals surface area (Å²) in [5, 5.41) is 10.8. The fourth-order valence-corrected chi connectivity index (χ4v) is 4.08. The summed E-state index contributed by atoms with van der Waals surface area (Å²) in [4.78, 5) is 50.0. The van der Waals surface area contributed by atoms with Crippen LogP contribution in [0, 0.1) is 6.92 Å². The lowest BCUT2D eigenvalue weighted by Crippen LogP contribution is -2.43. The number of aliphatic carboxylic acids is 1. The Kier molecular flexibility index (Phi) is 6.96. The second-order valence-corrected chi connectivity index (χ2v) is 7.37. The minimum Gasteiger partial charge on any atom is -0.480 e. The molecule has 2 amide bonds. The number of carbonyl (C=O) groups excluding carboxylic acids is 2.